The number of carbonyl (C=O) groups excluding carboxylic acids is 2. The van der Waals surface area contributed by atoms with Crippen LogP contribution in [0, 0.1) is 0 Å². The number of rotatable bonds is 8. The number of nitrogens with zero attached hydrogens (tertiary/aromatic N) is 1. The molecule has 2 amide bonds. The van der Waals surface area contributed by atoms with E-state index in [0.29, 0.717) is 12.8 Å². The highest BCUT2D eigenvalue weighted by molar-refractivity contribution is 5.88. The van der Waals surface area contributed by atoms with E-state index in [1.165, 1.54) is 0 Å². The first-order valence-electron chi connectivity index (χ1n) is 11.0. The maximum Gasteiger partial charge on any atom is 0.245 e. The lowest BCUT2D eigenvalue weighted by Gasteiger charge is -2.24. The number of hydrogen-bond donors (Lipinski definition) is 1. The Morgan fingerprint density at radius 3 is 2.29 bits per heavy atom. The zero-order valence-corrected chi connectivity index (χ0v) is 17.6. The van der Waals surface area contributed by atoms with Crippen molar-refractivity contribution < 1.29 is 14.0 Å². The monoisotopic (exact) mass is 416 g/mol. The second-order valence-corrected chi connectivity index (χ2v) is 7.97. The van der Waals surface area contributed by atoms with Gasteiger partial charge in [-0.1, -0.05) is 60.7 Å². The summed E-state index contributed by atoms with van der Waals surface area (Å²) in [6, 6.07) is 23.0. The molecular formula is C26H28N2O3. The highest BCUT2D eigenvalue weighted by Gasteiger charge is 2.28. The summed E-state index contributed by atoms with van der Waals surface area (Å²) in [5.74, 6) is 1.44. The van der Waals surface area contributed by atoms with Crippen molar-refractivity contribution in [2.24, 2.45) is 0 Å². The smallest absolute Gasteiger partial charge is 0.245 e. The predicted molar refractivity (Wildman–Crippen MR) is 120 cm³/mol. The van der Waals surface area contributed by atoms with E-state index in [1.807, 2.05) is 77.7 Å². The predicted octanol–water partition coefficient (Wildman–Crippen LogP) is 4.23. The Morgan fingerprint density at radius 1 is 0.903 bits per heavy atom. The van der Waals surface area contributed by atoms with Crippen LogP contribution >= 0.6 is 0 Å². The summed E-state index contributed by atoms with van der Waals surface area (Å²) in [4.78, 5) is 27.6. The highest BCUT2D eigenvalue weighted by Crippen LogP contribution is 2.22. The number of hydrogen-bond acceptors (Lipinski definition) is 3. The van der Waals surface area contributed by atoms with Gasteiger partial charge in [-0.15, -0.1) is 0 Å². The fourth-order valence-corrected chi connectivity index (χ4v) is 3.98. The molecule has 5 nitrogen and oxygen atoms in total. The molecule has 0 saturated carbocycles. The first-order valence-corrected chi connectivity index (χ1v) is 11.0. The molecule has 1 fully saturated rings. The van der Waals surface area contributed by atoms with Gasteiger partial charge in [-0.2, -0.15) is 0 Å². The number of likely N-dealkylation sites (tertiary alicyclic amines) is 1. The van der Waals surface area contributed by atoms with E-state index in [2.05, 4.69) is 5.32 Å². The Kier molecular flexibility index (Phi) is 6.82. The van der Waals surface area contributed by atoms with Crippen molar-refractivity contribution in [3.05, 3.63) is 84.1 Å². The quantitative estimate of drug-likeness (QED) is 0.598. The summed E-state index contributed by atoms with van der Waals surface area (Å²) in [6.45, 7) is 1.54. The topological polar surface area (TPSA) is 62.6 Å². The van der Waals surface area contributed by atoms with E-state index in [-0.39, 0.29) is 18.2 Å². The van der Waals surface area contributed by atoms with Crippen LogP contribution in [0.4, 0.5) is 0 Å². The van der Waals surface area contributed by atoms with Gasteiger partial charge in [-0.05, 0) is 30.5 Å². The number of amides is 2. The summed E-state index contributed by atoms with van der Waals surface area (Å²) in [6.07, 6.45) is 3.33. The first kappa shape index (κ1) is 20.9. The van der Waals surface area contributed by atoms with Crippen LogP contribution in [0.3, 0.4) is 0 Å². The SMILES string of the molecule is O=C(CCc1ccc(-c2ccccc2)o1)NC(Cc1ccccc1)C(=O)N1CCCC1. The largest absolute Gasteiger partial charge is 0.461 e. The van der Waals surface area contributed by atoms with Crippen molar-refractivity contribution in [3.8, 4) is 11.3 Å². The maximum atomic E-state index is 13.0. The third kappa shape index (κ3) is 5.63. The molecule has 2 heterocycles. The molecule has 2 aromatic carbocycles. The fourth-order valence-electron chi connectivity index (χ4n) is 3.98. The van der Waals surface area contributed by atoms with Crippen LogP contribution in [0.25, 0.3) is 11.3 Å². The van der Waals surface area contributed by atoms with Crippen LogP contribution in [0.5, 0.6) is 0 Å². The molecule has 160 valence electrons. The van der Waals surface area contributed by atoms with Crippen molar-refractivity contribution in [2.45, 2.75) is 38.1 Å². The molecule has 0 aliphatic carbocycles. The molecule has 1 saturated heterocycles. The lowest BCUT2D eigenvalue weighted by Crippen LogP contribution is -2.49. The molecule has 4 rings (SSSR count). The van der Waals surface area contributed by atoms with Gasteiger partial charge in [0.25, 0.3) is 0 Å². The molecule has 1 unspecified atom stereocenters. The molecule has 1 N–H and O–H groups in total. The standard InChI is InChI=1S/C26H28N2O3/c29-25(16-14-22-13-15-24(31-22)21-11-5-2-6-12-21)27-23(19-20-9-3-1-4-10-20)26(30)28-17-7-8-18-28/h1-6,9-13,15,23H,7-8,14,16-19H2,(H,27,29). The maximum absolute atomic E-state index is 13.0. The second kappa shape index (κ2) is 10.1. The van der Waals surface area contributed by atoms with Crippen LogP contribution < -0.4 is 5.32 Å². The molecule has 31 heavy (non-hydrogen) atoms. The van der Waals surface area contributed by atoms with E-state index in [0.717, 1.165) is 48.6 Å². The number of furan rings is 1. The normalized spacial score (nSPS) is 14.4. The van der Waals surface area contributed by atoms with Gasteiger partial charge in [-0.25, -0.2) is 0 Å². The summed E-state index contributed by atoms with van der Waals surface area (Å²) >= 11 is 0. The van der Waals surface area contributed by atoms with Crippen molar-refractivity contribution in [1.29, 1.82) is 0 Å². The fraction of sp³-hybridized carbons (Fsp3) is 0.308. The van der Waals surface area contributed by atoms with Crippen LogP contribution in [0.1, 0.15) is 30.6 Å². The van der Waals surface area contributed by atoms with Crippen LogP contribution in [0.2, 0.25) is 0 Å². The van der Waals surface area contributed by atoms with Crippen molar-refractivity contribution in [3.63, 3.8) is 0 Å². The van der Waals surface area contributed by atoms with Gasteiger partial charge >= 0.3 is 0 Å². The average molecular weight is 417 g/mol. The highest BCUT2D eigenvalue weighted by atomic mass is 16.3. The van der Waals surface area contributed by atoms with Gasteiger partial charge in [-0.3, -0.25) is 9.59 Å². The van der Waals surface area contributed by atoms with Crippen LogP contribution in [0.15, 0.2) is 77.2 Å². The Hall–Kier alpha value is -3.34. The Labute approximate surface area is 183 Å². The van der Waals surface area contributed by atoms with Crippen molar-refractivity contribution >= 4 is 11.8 Å². The summed E-state index contributed by atoms with van der Waals surface area (Å²) in [7, 11) is 0. The molecule has 0 bridgehead atoms. The van der Waals surface area contributed by atoms with E-state index in [9.17, 15) is 9.59 Å². The Bertz CT molecular complexity index is 992. The lowest BCUT2D eigenvalue weighted by molar-refractivity contribution is -0.135. The third-order valence-electron chi connectivity index (χ3n) is 5.65. The molecule has 1 aliphatic heterocycles. The molecule has 1 atom stereocenters. The molecule has 1 aromatic heterocycles. The minimum atomic E-state index is -0.538. The number of nitrogens with one attached hydrogen (secondary N) is 1. The zero-order chi connectivity index (χ0) is 21.5. The molecule has 0 radical (unpaired) electrons. The summed E-state index contributed by atoms with van der Waals surface area (Å²) in [5.41, 5.74) is 2.05. The van der Waals surface area contributed by atoms with E-state index in [1.54, 1.807) is 0 Å². The van der Waals surface area contributed by atoms with Gasteiger partial charge in [0, 0.05) is 37.9 Å². The number of carbonyl (C=O) groups is 2. The van der Waals surface area contributed by atoms with Gasteiger partial charge < -0.3 is 14.6 Å². The third-order valence-corrected chi connectivity index (χ3v) is 5.65. The molecule has 0 spiro atoms. The van der Waals surface area contributed by atoms with Gasteiger partial charge in [0.1, 0.15) is 17.6 Å². The van der Waals surface area contributed by atoms with Gasteiger partial charge in [0.15, 0.2) is 0 Å². The lowest BCUT2D eigenvalue weighted by atomic mass is 10.0. The van der Waals surface area contributed by atoms with Crippen molar-refractivity contribution in [1.82, 2.24) is 10.2 Å². The average Bonchev–Trinajstić information content (AvgIpc) is 3.51. The number of aryl methyl sites for hydroxylation is 1. The summed E-state index contributed by atoms with van der Waals surface area (Å²) in [5, 5.41) is 2.98. The first-order chi connectivity index (χ1) is 15.2. The summed E-state index contributed by atoms with van der Waals surface area (Å²) < 4.78 is 5.89. The van der Waals surface area contributed by atoms with Gasteiger partial charge in [0.2, 0.25) is 11.8 Å². The molecular weight excluding hydrogens is 388 g/mol. The van der Waals surface area contributed by atoms with Crippen LogP contribution in [-0.2, 0) is 22.4 Å². The van der Waals surface area contributed by atoms with Crippen molar-refractivity contribution in [2.75, 3.05) is 13.1 Å². The Morgan fingerprint density at radius 2 is 1.58 bits per heavy atom. The van der Waals surface area contributed by atoms with E-state index in [4.69, 9.17) is 4.42 Å². The van der Waals surface area contributed by atoms with Crippen LogP contribution in [-0.4, -0.2) is 35.8 Å². The van der Waals surface area contributed by atoms with E-state index >= 15 is 0 Å². The zero-order valence-electron chi connectivity index (χ0n) is 17.6. The molecule has 3 aromatic rings. The minimum Gasteiger partial charge on any atom is -0.461 e. The number of benzene rings is 2. The molecule has 1 aliphatic rings. The minimum absolute atomic E-state index is 0.0130. The second-order valence-electron chi connectivity index (χ2n) is 7.97. The Balaban J connectivity index is 1.36. The van der Waals surface area contributed by atoms with Gasteiger partial charge in [0.05, 0.1) is 0 Å². The molecule has 5 heteroatoms. The van der Waals surface area contributed by atoms with E-state index < -0.39 is 6.04 Å².